The van der Waals surface area contributed by atoms with Crippen LogP contribution in [-0.4, -0.2) is 24.4 Å². The number of ether oxygens (including phenoxy) is 2. The van der Waals surface area contributed by atoms with Crippen LogP contribution in [0.2, 0.25) is 0 Å². The molecule has 0 amide bonds. The Balaban J connectivity index is 1.96. The van der Waals surface area contributed by atoms with Gasteiger partial charge < -0.3 is 9.47 Å². The van der Waals surface area contributed by atoms with E-state index in [0.717, 1.165) is 27.8 Å². The predicted molar refractivity (Wildman–Crippen MR) is 88.0 cm³/mol. The van der Waals surface area contributed by atoms with Gasteiger partial charge in [0.05, 0.1) is 25.9 Å². The summed E-state index contributed by atoms with van der Waals surface area (Å²) >= 11 is 0. The monoisotopic (exact) mass is 292 g/mol. The molecule has 0 fully saturated rings. The SMILES string of the molecule is COc1ccc(/C=C/c2cnnc3ccccc23)cc1OC. The Hall–Kier alpha value is -2.88. The van der Waals surface area contributed by atoms with Gasteiger partial charge in [0, 0.05) is 10.9 Å². The topological polar surface area (TPSA) is 44.2 Å². The molecule has 0 bridgehead atoms. The molecule has 0 aliphatic heterocycles. The molecule has 3 rings (SSSR count). The maximum atomic E-state index is 5.32. The molecule has 0 N–H and O–H groups in total. The zero-order chi connectivity index (χ0) is 15.4. The number of rotatable bonds is 4. The molecule has 0 spiro atoms. The minimum Gasteiger partial charge on any atom is -0.493 e. The molecule has 0 saturated carbocycles. The summed E-state index contributed by atoms with van der Waals surface area (Å²) in [7, 11) is 3.26. The summed E-state index contributed by atoms with van der Waals surface area (Å²) in [4.78, 5) is 0. The van der Waals surface area contributed by atoms with E-state index >= 15 is 0 Å². The molecule has 0 aliphatic carbocycles. The normalized spacial score (nSPS) is 11.0. The molecule has 0 aliphatic rings. The summed E-state index contributed by atoms with van der Waals surface area (Å²) in [6.07, 6.45) is 5.81. The van der Waals surface area contributed by atoms with Gasteiger partial charge in [-0.05, 0) is 23.8 Å². The van der Waals surface area contributed by atoms with Crippen molar-refractivity contribution in [3.63, 3.8) is 0 Å². The van der Waals surface area contributed by atoms with Crippen LogP contribution in [0.15, 0.2) is 48.7 Å². The van der Waals surface area contributed by atoms with Gasteiger partial charge in [-0.25, -0.2) is 0 Å². The first-order chi connectivity index (χ1) is 10.8. The van der Waals surface area contributed by atoms with Crippen LogP contribution in [-0.2, 0) is 0 Å². The van der Waals surface area contributed by atoms with Crippen molar-refractivity contribution in [2.24, 2.45) is 0 Å². The smallest absolute Gasteiger partial charge is 0.161 e. The lowest BCUT2D eigenvalue weighted by atomic mass is 10.1. The molecular formula is C18H16N2O2. The van der Waals surface area contributed by atoms with Crippen molar-refractivity contribution in [1.29, 1.82) is 0 Å². The van der Waals surface area contributed by atoms with Gasteiger partial charge >= 0.3 is 0 Å². The van der Waals surface area contributed by atoms with Gasteiger partial charge in [0.25, 0.3) is 0 Å². The minimum absolute atomic E-state index is 0.711. The molecular weight excluding hydrogens is 276 g/mol. The van der Waals surface area contributed by atoms with Gasteiger partial charge in [0.2, 0.25) is 0 Å². The second-order valence-electron chi connectivity index (χ2n) is 4.76. The Morgan fingerprint density at radius 2 is 1.73 bits per heavy atom. The quantitative estimate of drug-likeness (QED) is 0.733. The number of aromatic nitrogens is 2. The molecule has 1 heterocycles. The van der Waals surface area contributed by atoms with E-state index in [-0.39, 0.29) is 0 Å². The highest BCUT2D eigenvalue weighted by molar-refractivity contribution is 5.89. The van der Waals surface area contributed by atoms with Crippen molar-refractivity contribution < 1.29 is 9.47 Å². The fourth-order valence-corrected chi connectivity index (χ4v) is 2.30. The van der Waals surface area contributed by atoms with E-state index in [1.165, 1.54) is 0 Å². The van der Waals surface area contributed by atoms with Gasteiger partial charge in [0.1, 0.15) is 0 Å². The van der Waals surface area contributed by atoms with E-state index in [2.05, 4.69) is 10.2 Å². The highest BCUT2D eigenvalue weighted by atomic mass is 16.5. The molecule has 0 unspecified atom stereocenters. The average molecular weight is 292 g/mol. The minimum atomic E-state index is 0.711. The van der Waals surface area contributed by atoms with Crippen LogP contribution in [0.25, 0.3) is 23.1 Å². The van der Waals surface area contributed by atoms with Crippen molar-refractivity contribution in [2.45, 2.75) is 0 Å². The number of fused-ring (bicyclic) bond motifs is 1. The number of nitrogens with zero attached hydrogens (tertiary/aromatic N) is 2. The van der Waals surface area contributed by atoms with Crippen molar-refractivity contribution in [2.75, 3.05) is 14.2 Å². The van der Waals surface area contributed by atoms with E-state index in [4.69, 9.17) is 9.47 Å². The van der Waals surface area contributed by atoms with Crippen molar-refractivity contribution in [3.05, 3.63) is 59.8 Å². The molecule has 0 radical (unpaired) electrons. The van der Waals surface area contributed by atoms with Gasteiger partial charge in [-0.3, -0.25) is 0 Å². The fourth-order valence-electron chi connectivity index (χ4n) is 2.30. The van der Waals surface area contributed by atoms with Crippen LogP contribution < -0.4 is 9.47 Å². The average Bonchev–Trinajstić information content (AvgIpc) is 2.59. The summed E-state index contributed by atoms with van der Waals surface area (Å²) in [6, 6.07) is 13.8. The van der Waals surface area contributed by atoms with Crippen LogP contribution in [0, 0.1) is 0 Å². The van der Waals surface area contributed by atoms with Gasteiger partial charge in [-0.1, -0.05) is 36.4 Å². The third kappa shape index (κ3) is 2.76. The summed E-state index contributed by atoms with van der Waals surface area (Å²) < 4.78 is 10.6. The summed E-state index contributed by atoms with van der Waals surface area (Å²) in [5, 5.41) is 9.24. The summed E-state index contributed by atoms with van der Waals surface area (Å²) in [5.41, 5.74) is 2.94. The van der Waals surface area contributed by atoms with E-state index in [1.807, 2.05) is 54.6 Å². The van der Waals surface area contributed by atoms with Gasteiger partial charge in [0.15, 0.2) is 11.5 Å². The zero-order valence-corrected chi connectivity index (χ0v) is 12.5. The van der Waals surface area contributed by atoms with Crippen LogP contribution in [0.3, 0.4) is 0 Å². The lowest BCUT2D eigenvalue weighted by Crippen LogP contribution is -1.90. The second kappa shape index (κ2) is 6.26. The largest absolute Gasteiger partial charge is 0.493 e. The highest BCUT2D eigenvalue weighted by Gasteiger charge is 2.03. The zero-order valence-electron chi connectivity index (χ0n) is 12.5. The van der Waals surface area contributed by atoms with Crippen LogP contribution >= 0.6 is 0 Å². The van der Waals surface area contributed by atoms with Crippen molar-refractivity contribution in [3.8, 4) is 11.5 Å². The van der Waals surface area contributed by atoms with Crippen molar-refractivity contribution in [1.82, 2.24) is 10.2 Å². The van der Waals surface area contributed by atoms with Gasteiger partial charge in [-0.2, -0.15) is 10.2 Å². The van der Waals surface area contributed by atoms with E-state index in [1.54, 1.807) is 20.4 Å². The second-order valence-corrected chi connectivity index (χ2v) is 4.76. The molecule has 4 heteroatoms. The lowest BCUT2D eigenvalue weighted by molar-refractivity contribution is 0.355. The van der Waals surface area contributed by atoms with Crippen LogP contribution in [0.4, 0.5) is 0 Å². The standard InChI is InChI=1S/C18H16N2O2/c1-21-17-10-8-13(11-18(17)22-2)7-9-14-12-19-20-16-6-4-3-5-15(14)16/h3-12H,1-2H3/b9-7+. The molecule has 2 aromatic carbocycles. The Morgan fingerprint density at radius 1 is 0.909 bits per heavy atom. The van der Waals surface area contributed by atoms with E-state index in [9.17, 15) is 0 Å². The molecule has 0 atom stereocenters. The number of hydrogen-bond donors (Lipinski definition) is 0. The number of hydrogen-bond acceptors (Lipinski definition) is 4. The van der Waals surface area contributed by atoms with E-state index < -0.39 is 0 Å². The maximum absolute atomic E-state index is 5.32. The van der Waals surface area contributed by atoms with Crippen LogP contribution in [0.1, 0.15) is 11.1 Å². The Morgan fingerprint density at radius 3 is 2.55 bits per heavy atom. The van der Waals surface area contributed by atoms with Crippen molar-refractivity contribution >= 4 is 23.1 Å². The third-order valence-electron chi connectivity index (χ3n) is 3.44. The lowest BCUT2D eigenvalue weighted by Gasteiger charge is -2.07. The first-order valence-corrected chi connectivity index (χ1v) is 6.92. The molecule has 1 aromatic heterocycles. The number of benzene rings is 2. The summed E-state index contributed by atoms with van der Waals surface area (Å²) in [5.74, 6) is 1.43. The third-order valence-corrected chi connectivity index (χ3v) is 3.44. The van der Waals surface area contributed by atoms with E-state index in [0.29, 0.717) is 5.75 Å². The van der Waals surface area contributed by atoms with Gasteiger partial charge in [-0.15, -0.1) is 0 Å². The molecule has 110 valence electrons. The Kier molecular flexibility index (Phi) is 4.01. The Labute approximate surface area is 129 Å². The molecule has 3 aromatic rings. The van der Waals surface area contributed by atoms with Crippen LogP contribution in [0.5, 0.6) is 11.5 Å². The first kappa shape index (κ1) is 14.1. The molecule has 22 heavy (non-hydrogen) atoms. The first-order valence-electron chi connectivity index (χ1n) is 6.92. The molecule has 4 nitrogen and oxygen atoms in total. The summed E-state index contributed by atoms with van der Waals surface area (Å²) in [6.45, 7) is 0. The predicted octanol–water partition coefficient (Wildman–Crippen LogP) is 3.82. The fraction of sp³-hybridized carbons (Fsp3) is 0.111. The Bertz CT molecular complexity index is 823. The highest BCUT2D eigenvalue weighted by Crippen LogP contribution is 2.28. The molecule has 0 saturated heterocycles. The number of methoxy groups -OCH3 is 2. The maximum Gasteiger partial charge on any atom is 0.161 e.